The maximum Gasteiger partial charge on any atom is 0.220 e. The van der Waals surface area contributed by atoms with E-state index in [1.165, 1.54) is 0 Å². The van der Waals surface area contributed by atoms with Gasteiger partial charge >= 0.3 is 0 Å². The molecule has 0 spiro atoms. The number of anilines is 2. The van der Waals surface area contributed by atoms with Gasteiger partial charge in [-0.05, 0) is 18.2 Å². The van der Waals surface area contributed by atoms with E-state index in [9.17, 15) is 4.79 Å². The largest absolute Gasteiger partial charge is 0.440 e. The molecule has 3 heterocycles. The number of aromatic nitrogens is 2. The molecule has 0 saturated heterocycles. The maximum atomic E-state index is 12.8. The van der Waals surface area contributed by atoms with Crippen LogP contribution in [0.5, 0.6) is 0 Å². The molecule has 25 heavy (non-hydrogen) atoms. The predicted molar refractivity (Wildman–Crippen MR) is 96.2 cm³/mol. The molecule has 1 aliphatic rings. The molecule has 0 radical (unpaired) electrons. The first-order valence-electron chi connectivity index (χ1n) is 7.84. The molecular formula is C17H16ClN5O2. The zero-order valence-electron chi connectivity index (χ0n) is 13.3. The van der Waals surface area contributed by atoms with Gasteiger partial charge in [0.15, 0.2) is 11.3 Å². The molecule has 7 nitrogen and oxygen atoms in total. The number of nitrogens with zero attached hydrogens (tertiary/aromatic N) is 3. The Labute approximate surface area is 148 Å². The van der Waals surface area contributed by atoms with E-state index in [-0.39, 0.29) is 17.3 Å². The van der Waals surface area contributed by atoms with Crippen LogP contribution in [0.2, 0.25) is 5.02 Å². The van der Waals surface area contributed by atoms with Crippen LogP contribution in [0.1, 0.15) is 16.8 Å². The van der Waals surface area contributed by atoms with Crippen LogP contribution >= 0.6 is 11.6 Å². The Hall–Kier alpha value is -2.64. The highest BCUT2D eigenvalue weighted by Gasteiger charge is 2.21. The zero-order chi connectivity index (χ0) is 17.6. The minimum Gasteiger partial charge on any atom is -0.440 e. The van der Waals surface area contributed by atoms with Crippen LogP contribution in [0, 0.1) is 0 Å². The lowest BCUT2D eigenvalue weighted by molar-refractivity contribution is 0.241. The van der Waals surface area contributed by atoms with Gasteiger partial charge in [-0.15, -0.1) is 0 Å². The molecule has 0 bridgehead atoms. The number of halogens is 1. The number of hydrogen-bond acceptors (Lipinski definition) is 7. The van der Waals surface area contributed by atoms with Crippen molar-refractivity contribution in [1.82, 2.24) is 14.9 Å². The lowest BCUT2D eigenvalue weighted by Crippen LogP contribution is -2.33. The van der Waals surface area contributed by atoms with Crippen LogP contribution in [0.25, 0.3) is 11.0 Å². The standard InChI is InChI=1S/C17H16ClN5O2/c18-10-1-2-14-11(5-10)15(24)12(16(19)25-14)8-23-4-3-13-9(7-23)6-21-17(20)22-13/h1-2,5-6H,3-4,7-8,19H2,(H2,20,21,22). The molecule has 128 valence electrons. The van der Waals surface area contributed by atoms with Gasteiger partial charge in [0.25, 0.3) is 0 Å². The van der Waals surface area contributed by atoms with Crippen molar-refractivity contribution in [2.24, 2.45) is 0 Å². The van der Waals surface area contributed by atoms with E-state index in [4.69, 9.17) is 27.5 Å². The molecule has 4 rings (SSSR count). The summed E-state index contributed by atoms with van der Waals surface area (Å²) >= 11 is 6.00. The van der Waals surface area contributed by atoms with E-state index >= 15 is 0 Å². The summed E-state index contributed by atoms with van der Waals surface area (Å²) in [7, 11) is 0. The second-order valence-electron chi connectivity index (χ2n) is 6.08. The summed E-state index contributed by atoms with van der Waals surface area (Å²) in [6.07, 6.45) is 2.47. The van der Waals surface area contributed by atoms with Crippen LogP contribution in [0.3, 0.4) is 0 Å². The van der Waals surface area contributed by atoms with Crippen LogP contribution in [-0.2, 0) is 19.5 Å². The molecule has 0 atom stereocenters. The van der Waals surface area contributed by atoms with Gasteiger partial charge in [0, 0.05) is 42.8 Å². The smallest absolute Gasteiger partial charge is 0.220 e. The van der Waals surface area contributed by atoms with Crippen molar-refractivity contribution >= 4 is 34.4 Å². The van der Waals surface area contributed by atoms with Crippen molar-refractivity contribution in [2.75, 3.05) is 18.0 Å². The van der Waals surface area contributed by atoms with Gasteiger partial charge in [-0.3, -0.25) is 9.69 Å². The normalized spacial score (nSPS) is 14.6. The molecule has 1 aromatic carbocycles. The Kier molecular flexibility index (Phi) is 3.82. The highest BCUT2D eigenvalue weighted by Crippen LogP contribution is 2.24. The summed E-state index contributed by atoms with van der Waals surface area (Å²) in [5.41, 5.74) is 14.3. The fourth-order valence-electron chi connectivity index (χ4n) is 3.12. The summed E-state index contributed by atoms with van der Waals surface area (Å²) in [6, 6.07) is 4.92. The molecule has 0 unspecified atom stereocenters. The lowest BCUT2D eigenvalue weighted by Gasteiger charge is -2.27. The molecule has 0 saturated carbocycles. The van der Waals surface area contributed by atoms with Gasteiger partial charge in [0.05, 0.1) is 16.6 Å². The molecule has 2 aromatic heterocycles. The van der Waals surface area contributed by atoms with Crippen LogP contribution in [-0.4, -0.2) is 21.4 Å². The Morgan fingerprint density at radius 2 is 2.16 bits per heavy atom. The fourth-order valence-corrected chi connectivity index (χ4v) is 3.29. The van der Waals surface area contributed by atoms with E-state index < -0.39 is 0 Å². The topological polar surface area (TPSA) is 111 Å². The fraction of sp³-hybridized carbons (Fsp3) is 0.235. The summed E-state index contributed by atoms with van der Waals surface area (Å²) in [5, 5.41) is 0.919. The average molecular weight is 358 g/mol. The molecule has 1 aliphatic heterocycles. The number of fused-ring (bicyclic) bond motifs is 2. The number of rotatable bonds is 2. The third-order valence-corrected chi connectivity index (χ3v) is 4.63. The molecular weight excluding hydrogens is 342 g/mol. The average Bonchev–Trinajstić information content (AvgIpc) is 2.59. The number of nitrogen functional groups attached to an aromatic ring is 2. The van der Waals surface area contributed by atoms with Gasteiger partial charge in [-0.25, -0.2) is 9.97 Å². The molecule has 8 heteroatoms. The second-order valence-corrected chi connectivity index (χ2v) is 6.51. The van der Waals surface area contributed by atoms with Gasteiger partial charge in [-0.2, -0.15) is 0 Å². The minimum atomic E-state index is -0.152. The quantitative estimate of drug-likeness (QED) is 0.721. The van der Waals surface area contributed by atoms with Crippen molar-refractivity contribution in [1.29, 1.82) is 0 Å². The first kappa shape index (κ1) is 15.9. The summed E-state index contributed by atoms with van der Waals surface area (Å²) < 4.78 is 5.61. The van der Waals surface area contributed by atoms with Gasteiger partial charge in [0.1, 0.15) is 5.58 Å². The van der Waals surface area contributed by atoms with Crippen LogP contribution in [0.15, 0.2) is 33.6 Å². The third kappa shape index (κ3) is 2.92. The van der Waals surface area contributed by atoms with E-state index in [1.807, 2.05) is 0 Å². The lowest BCUT2D eigenvalue weighted by atomic mass is 10.1. The molecule has 0 amide bonds. The molecule has 4 N–H and O–H groups in total. The predicted octanol–water partition coefficient (Wildman–Crippen LogP) is 1.96. The maximum absolute atomic E-state index is 12.8. The number of nitrogens with two attached hydrogens (primary N) is 2. The summed E-state index contributed by atoms with van der Waals surface area (Å²) in [6.45, 7) is 1.76. The zero-order valence-corrected chi connectivity index (χ0v) is 14.1. The van der Waals surface area contributed by atoms with Gasteiger partial charge < -0.3 is 15.9 Å². The highest BCUT2D eigenvalue weighted by molar-refractivity contribution is 6.31. The van der Waals surface area contributed by atoms with Crippen LogP contribution in [0.4, 0.5) is 11.8 Å². The van der Waals surface area contributed by atoms with Crippen molar-refractivity contribution < 1.29 is 4.42 Å². The Bertz CT molecular complexity index is 1030. The SMILES string of the molecule is Nc1ncc2c(n1)CCN(Cc1c(N)oc3ccc(Cl)cc3c1=O)C2. The van der Waals surface area contributed by atoms with Crippen LogP contribution < -0.4 is 16.9 Å². The van der Waals surface area contributed by atoms with Crippen molar-refractivity contribution in [2.45, 2.75) is 19.5 Å². The van der Waals surface area contributed by atoms with Gasteiger partial charge in [-0.1, -0.05) is 11.6 Å². The number of benzene rings is 1. The number of hydrogen-bond donors (Lipinski definition) is 2. The highest BCUT2D eigenvalue weighted by atomic mass is 35.5. The van der Waals surface area contributed by atoms with E-state index in [0.29, 0.717) is 34.6 Å². The monoisotopic (exact) mass is 357 g/mol. The summed E-state index contributed by atoms with van der Waals surface area (Å²) in [4.78, 5) is 23.2. The summed E-state index contributed by atoms with van der Waals surface area (Å²) in [5.74, 6) is 0.419. The van der Waals surface area contributed by atoms with Crippen molar-refractivity contribution in [3.8, 4) is 0 Å². The third-order valence-electron chi connectivity index (χ3n) is 4.39. The Balaban J connectivity index is 1.67. The first-order valence-corrected chi connectivity index (χ1v) is 8.22. The van der Waals surface area contributed by atoms with Crippen molar-refractivity contribution in [3.05, 3.63) is 56.5 Å². The van der Waals surface area contributed by atoms with Gasteiger partial charge in [0.2, 0.25) is 5.95 Å². The Morgan fingerprint density at radius 3 is 3.00 bits per heavy atom. The first-order chi connectivity index (χ1) is 12.0. The van der Waals surface area contributed by atoms with E-state index in [1.54, 1.807) is 24.4 Å². The molecule has 0 aliphatic carbocycles. The van der Waals surface area contributed by atoms with E-state index in [0.717, 1.165) is 24.2 Å². The molecule has 0 fully saturated rings. The second kappa shape index (κ2) is 6.02. The Morgan fingerprint density at radius 1 is 1.32 bits per heavy atom. The molecule has 3 aromatic rings. The van der Waals surface area contributed by atoms with Crippen molar-refractivity contribution in [3.63, 3.8) is 0 Å². The minimum absolute atomic E-state index is 0.138. The van der Waals surface area contributed by atoms with E-state index in [2.05, 4.69) is 14.9 Å².